The number of ether oxygens (including phenoxy) is 1. The molecule has 1 N–H and O–H groups in total. The molecule has 0 bridgehead atoms. The molecular weight excluding hydrogens is 580 g/mol. The van der Waals surface area contributed by atoms with Crippen LogP contribution >= 0.6 is 11.3 Å². The number of nitrogens with one attached hydrogen (secondary N) is 1. The third kappa shape index (κ3) is 5.37. The number of hydrogen-bond donors (Lipinski definition) is 1. The minimum atomic E-state index is -0.332. The molecule has 7 rings (SSSR count). The van der Waals surface area contributed by atoms with E-state index in [-0.39, 0.29) is 23.8 Å². The number of carbonyl (C=O) groups is 1. The topological polar surface area (TPSA) is 71.8 Å². The van der Waals surface area contributed by atoms with Gasteiger partial charge in [-0.15, -0.1) is 11.3 Å². The predicted molar refractivity (Wildman–Crippen MR) is 168 cm³/mol. The lowest BCUT2D eigenvalue weighted by atomic mass is 9.90. The second-order valence-electron chi connectivity index (χ2n) is 11.6. The first-order valence-corrected chi connectivity index (χ1v) is 15.9. The zero-order valence-corrected chi connectivity index (χ0v) is 25.5. The molecule has 5 heterocycles. The van der Waals surface area contributed by atoms with Crippen molar-refractivity contribution in [2.45, 2.75) is 45.1 Å². The monoisotopic (exact) mass is 613 g/mol. The van der Waals surface area contributed by atoms with Crippen molar-refractivity contribution < 1.29 is 18.3 Å². The van der Waals surface area contributed by atoms with E-state index in [4.69, 9.17) is 14.7 Å². The number of carbonyl (C=O) groups excluding carboxylic acids is 1. The van der Waals surface area contributed by atoms with Crippen molar-refractivity contribution in [3.8, 4) is 33.1 Å². The first kappa shape index (κ1) is 28.6. The number of likely N-dealkylation sites (tertiary alicyclic amines) is 1. The molecule has 2 aromatic carbocycles. The highest BCUT2D eigenvalue weighted by Gasteiger charge is 2.28. The number of nitrogens with zero attached hydrogens (tertiary/aromatic N) is 4. The van der Waals surface area contributed by atoms with Crippen LogP contribution in [0.5, 0.6) is 0 Å². The number of amides is 1. The number of aryl methyl sites for hydroxylation is 1. The van der Waals surface area contributed by atoms with E-state index in [1.165, 1.54) is 29.0 Å². The van der Waals surface area contributed by atoms with Gasteiger partial charge in [0.1, 0.15) is 28.4 Å². The number of rotatable bonds is 7. The van der Waals surface area contributed by atoms with Gasteiger partial charge < -0.3 is 10.1 Å². The second-order valence-corrected chi connectivity index (χ2v) is 12.4. The van der Waals surface area contributed by atoms with Gasteiger partial charge in [0.2, 0.25) is 0 Å². The van der Waals surface area contributed by atoms with E-state index in [0.717, 1.165) is 71.3 Å². The zero-order chi connectivity index (χ0) is 30.4. The number of fused-ring (bicyclic) bond motifs is 1. The molecule has 2 aliphatic rings. The van der Waals surface area contributed by atoms with E-state index < -0.39 is 0 Å². The normalized spacial score (nSPS) is 17.7. The number of cyclic esters (lactones) is 1. The fourth-order valence-corrected chi connectivity index (χ4v) is 7.32. The smallest absolute Gasteiger partial charge is 0.407 e. The summed E-state index contributed by atoms with van der Waals surface area (Å²) in [4.78, 5) is 23.4. The third-order valence-electron chi connectivity index (χ3n) is 8.83. The van der Waals surface area contributed by atoms with Crippen LogP contribution in [-0.4, -0.2) is 57.6 Å². The SMILES string of the molecule is CCc1nc2ccc(C3CCN(C[C@@H]4CNC(=O)O4)CC3)cn2c1-c1ccc(-c2nc(-c3ccc(F)cc3)cs2)c(C)c1F. The molecular formula is C34H33F2N5O2S. The Balaban J connectivity index is 1.16. The Hall–Kier alpha value is -4.15. The van der Waals surface area contributed by atoms with Crippen LogP contribution in [0.3, 0.4) is 0 Å². The highest BCUT2D eigenvalue weighted by molar-refractivity contribution is 7.13. The van der Waals surface area contributed by atoms with Crippen molar-refractivity contribution in [1.82, 2.24) is 24.6 Å². The summed E-state index contributed by atoms with van der Waals surface area (Å²) in [6, 6.07) is 14.2. The first-order valence-electron chi connectivity index (χ1n) is 15.1. The van der Waals surface area contributed by atoms with Crippen LogP contribution in [-0.2, 0) is 11.2 Å². The van der Waals surface area contributed by atoms with Crippen molar-refractivity contribution in [3.05, 3.63) is 88.6 Å². The fourth-order valence-electron chi connectivity index (χ4n) is 6.40. The van der Waals surface area contributed by atoms with Gasteiger partial charge in [0.25, 0.3) is 0 Å². The lowest BCUT2D eigenvalue weighted by molar-refractivity contribution is 0.0974. The minimum absolute atomic E-state index is 0.0893. The van der Waals surface area contributed by atoms with Gasteiger partial charge in [-0.3, -0.25) is 9.30 Å². The van der Waals surface area contributed by atoms with E-state index in [1.807, 2.05) is 30.5 Å². The second kappa shape index (κ2) is 11.7. The molecule has 5 aromatic rings. The van der Waals surface area contributed by atoms with Crippen molar-refractivity contribution in [2.24, 2.45) is 0 Å². The van der Waals surface area contributed by atoms with Crippen LogP contribution in [0.15, 0.2) is 60.1 Å². The number of alkyl carbamates (subject to hydrolysis) is 1. The Kier molecular flexibility index (Phi) is 7.63. The highest BCUT2D eigenvalue weighted by Crippen LogP contribution is 2.37. The van der Waals surface area contributed by atoms with Crippen LogP contribution in [0.1, 0.15) is 42.5 Å². The van der Waals surface area contributed by atoms with E-state index >= 15 is 4.39 Å². The summed E-state index contributed by atoms with van der Waals surface area (Å²) in [6.07, 6.45) is 4.40. The van der Waals surface area contributed by atoms with Crippen LogP contribution in [0.4, 0.5) is 13.6 Å². The number of piperidine rings is 1. The number of thiazole rings is 1. The van der Waals surface area contributed by atoms with Gasteiger partial charge >= 0.3 is 6.09 Å². The molecule has 0 saturated carbocycles. The molecule has 0 aliphatic carbocycles. The molecule has 1 atom stereocenters. The molecule has 3 aromatic heterocycles. The Morgan fingerprint density at radius 2 is 1.80 bits per heavy atom. The molecule has 10 heteroatoms. The van der Waals surface area contributed by atoms with Crippen molar-refractivity contribution in [1.29, 1.82) is 0 Å². The summed E-state index contributed by atoms with van der Waals surface area (Å²) in [7, 11) is 0. The summed E-state index contributed by atoms with van der Waals surface area (Å²) in [5, 5.41) is 5.36. The van der Waals surface area contributed by atoms with E-state index in [9.17, 15) is 9.18 Å². The molecule has 2 saturated heterocycles. The maximum Gasteiger partial charge on any atom is 0.407 e. The lowest BCUT2D eigenvalue weighted by Crippen LogP contribution is -2.39. The number of benzene rings is 2. The molecule has 0 radical (unpaired) electrons. The highest BCUT2D eigenvalue weighted by atomic mass is 32.1. The Morgan fingerprint density at radius 3 is 2.52 bits per heavy atom. The van der Waals surface area contributed by atoms with Gasteiger partial charge in [-0.25, -0.2) is 23.5 Å². The average molecular weight is 614 g/mol. The van der Waals surface area contributed by atoms with E-state index in [2.05, 4.69) is 26.9 Å². The number of pyridine rings is 1. The Morgan fingerprint density at radius 1 is 1.02 bits per heavy atom. The van der Waals surface area contributed by atoms with Crippen molar-refractivity contribution >= 4 is 23.1 Å². The number of hydrogen-bond acceptors (Lipinski definition) is 6. The average Bonchev–Trinajstić information content (AvgIpc) is 3.78. The summed E-state index contributed by atoms with van der Waals surface area (Å²) in [6.45, 7) is 7.02. The quantitative estimate of drug-likeness (QED) is 0.210. The number of imidazole rings is 1. The minimum Gasteiger partial charge on any atom is -0.443 e. The summed E-state index contributed by atoms with van der Waals surface area (Å²) < 4.78 is 37.0. The number of halogens is 2. The van der Waals surface area contributed by atoms with Crippen molar-refractivity contribution in [2.75, 3.05) is 26.2 Å². The largest absolute Gasteiger partial charge is 0.443 e. The van der Waals surface area contributed by atoms with Gasteiger partial charge in [-0.2, -0.15) is 0 Å². The molecule has 2 fully saturated rings. The van der Waals surface area contributed by atoms with Gasteiger partial charge in [0.05, 0.1) is 23.6 Å². The molecule has 44 heavy (non-hydrogen) atoms. The third-order valence-corrected chi connectivity index (χ3v) is 9.71. The van der Waals surface area contributed by atoms with Gasteiger partial charge in [-0.1, -0.05) is 19.1 Å². The molecule has 7 nitrogen and oxygen atoms in total. The maximum atomic E-state index is 16.3. The summed E-state index contributed by atoms with van der Waals surface area (Å²) >= 11 is 1.45. The summed E-state index contributed by atoms with van der Waals surface area (Å²) in [5.41, 5.74) is 7.03. The molecule has 0 spiro atoms. The zero-order valence-electron chi connectivity index (χ0n) is 24.6. The molecule has 1 amide bonds. The van der Waals surface area contributed by atoms with Gasteiger partial charge in [0.15, 0.2) is 0 Å². The molecule has 226 valence electrons. The fraction of sp³-hybridized carbons (Fsp3) is 0.324. The van der Waals surface area contributed by atoms with E-state index in [0.29, 0.717) is 30.0 Å². The van der Waals surface area contributed by atoms with Crippen LogP contribution in [0, 0.1) is 18.6 Å². The summed E-state index contributed by atoms with van der Waals surface area (Å²) in [5.74, 6) is -0.190. The van der Waals surface area contributed by atoms with Crippen molar-refractivity contribution in [3.63, 3.8) is 0 Å². The van der Waals surface area contributed by atoms with E-state index in [1.54, 1.807) is 19.1 Å². The van der Waals surface area contributed by atoms with Gasteiger partial charge in [-0.05, 0) is 92.7 Å². The van der Waals surface area contributed by atoms with Crippen LogP contribution in [0.2, 0.25) is 0 Å². The predicted octanol–water partition coefficient (Wildman–Crippen LogP) is 7.23. The molecule has 0 unspecified atom stereocenters. The lowest BCUT2D eigenvalue weighted by Gasteiger charge is -2.33. The number of aromatic nitrogens is 3. The standard InChI is InChI=1S/C34H33F2N5O2S/c1-3-28-32(27-10-9-26(20(2)31(27)36)33-39-29(19-44-33)22-4-7-24(35)8-5-22)41-17-23(6-11-30(41)38-28)21-12-14-40(15-13-21)18-25-16-37-34(42)43-25/h4-11,17,19,21,25H,3,12-16,18H2,1-2H3,(H,37,42)/t25-/m0/s1. The van der Waals surface area contributed by atoms with Crippen LogP contribution < -0.4 is 5.32 Å². The Bertz CT molecular complexity index is 1840. The molecule has 2 aliphatic heterocycles. The first-order chi connectivity index (χ1) is 21.4. The van der Waals surface area contributed by atoms with Crippen LogP contribution in [0.25, 0.3) is 38.7 Å². The van der Waals surface area contributed by atoms with Gasteiger partial charge in [0, 0.05) is 34.8 Å². The Labute approximate surface area is 258 Å². The maximum absolute atomic E-state index is 16.3.